The van der Waals surface area contributed by atoms with Gasteiger partial charge in [0.05, 0.1) is 5.56 Å². The molecule has 1 aromatic heterocycles. The van der Waals surface area contributed by atoms with Crippen LogP contribution in [0.25, 0.3) is 22.0 Å². The summed E-state index contributed by atoms with van der Waals surface area (Å²) in [5.74, 6) is -1.58. The first-order chi connectivity index (χ1) is 13.6. The third-order valence-corrected chi connectivity index (χ3v) is 5.11. The van der Waals surface area contributed by atoms with Gasteiger partial charge in [-0.25, -0.2) is 0 Å². The van der Waals surface area contributed by atoms with Crippen LogP contribution in [0.3, 0.4) is 0 Å². The number of nitrogens with zero attached hydrogens (tertiary/aromatic N) is 1. The number of carbonyl (C=O) groups is 2. The average molecular weight is 368 g/mol. The van der Waals surface area contributed by atoms with Crippen LogP contribution in [0.15, 0.2) is 78.9 Å². The number of rotatable bonds is 5. The number of aromatic nitrogens is 1. The van der Waals surface area contributed by atoms with Gasteiger partial charge in [0.2, 0.25) is 0 Å². The fraction of sp³-hybridized carbons (Fsp3) is 0.0833. The van der Waals surface area contributed by atoms with E-state index in [1.807, 2.05) is 61.5 Å². The molecule has 1 heterocycles. The molecule has 0 aliphatic carbocycles. The van der Waals surface area contributed by atoms with Gasteiger partial charge in [0.15, 0.2) is 0 Å². The largest absolute Gasteiger partial charge is 0.363 e. The lowest BCUT2D eigenvalue weighted by molar-refractivity contribution is -0.114. The van der Waals surface area contributed by atoms with Gasteiger partial charge in [-0.1, -0.05) is 72.8 Å². The van der Waals surface area contributed by atoms with Gasteiger partial charge in [0.25, 0.3) is 11.7 Å². The zero-order chi connectivity index (χ0) is 19.7. The van der Waals surface area contributed by atoms with Crippen LogP contribution in [-0.4, -0.2) is 16.3 Å². The summed E-state index contributed by atoms with van der Waals surface area (Å²) < 4.78 is 2.08. The summed E-state index contributed by atoms with van der Waals surface area (Å²) in [4.78, 5) is 24.0. The summed E-state index contributed by atoms with van der Waals surface area (Å²) in [6.45, 7) is 2.45. The number of hydrogen-bond acceptors (Lipinski definition) is 2. The Kier molecular flexibility index (Phi) is 4.53. The minimum absolute atomic E-state index is 0.389. The number of ketones is 1. The zero-order valence-corrected chi connectivity index (χ0v) is 15.6. The van der Waals surface area contributed by atoms with Crippen molar-refractivity contribution in [3.63, 3.8) is 0 Å². The van der Waals surface area contributed by atoms with Crippen molar-refractivity contribution in [1.29, 1.82) is 0 Å². The minimum Gasteiger partial charge on any atom is -0.363 e. The number of fused-ring (bicyclic) bond motifs is 1. The molecule has 4 nitrogen and oxygen atoms in total. The molecule has 1 amide bonds. The normalized spacial score (nSPS) is 10.9. The van der Waals surface area contributed by atoms with Crippen molar-refractivity contribution in [2.45, 2.75) is 13.5 Å². The Morgan fingerprint density at radius 1 is 0.857 bits per heavy atom. The predicted octanol–water partition coefficient (Wildman–Crippen LogP) is 4.33. The SMILES string of the molecule is Cc1c(C(=O)C(N)=O)c2ccccc2n1Cc1ccccc1-c1ccccc1. The second-order valence-electron chi connectivity index (χ2n) is 6.78. The molecule has 0 radical (unpaired) electrons. The molecule has 0 atom stereocenters. The maximum Gasteiger partial charge on any atom is 0.289 e. The second-order valence-corrected chi connectivity index (χ2v) is 6.78. The van der Waals surface area contributed by atoms with E-state index in [4.69, 9.17) is 5.73 Å². The third kappa shape index (κ3) is 2.99. The lowest BCUT2D eigenvalue weighted by Crippen LogP contribution is -2.23. The minimum atomic E-state index is -0.935. The van der Waals surface area contributed by atoms with Crippen LogP contribution in [0, 0.1) is 6.92 Å². The molecule has 3 aromatic carbocycles. The van der Waals surface area contributed by atoms with Crippen molar-refractivity contribution in [2.75, 3.05) is 0 Å². The van der Waals surface area contributed by atoms with Gasteiger partial charge in [-0.2, -0.15) is 0 Å². The van der Waals surface area contributed by atoms with Gasteiger partial charge < -0.3 is 10.3 Å². The fourth-order valence-electron chi connectivity index (χ4n) is 3.77. The summed E-state index contributed by atoms with van der Waals surface area (Å²) in [6, 6.07) is 26.0. The number of para-hydroxylation sites is 1. The van der Waals surface area contributed by atoms with E-state index in [2.05, 4.69) is 28.8 Å². The van der Waals surface area contributed by atoms with Crippen molar-refractivity contribution >= 4 is 22.6 Å². The summed E-state index contributed by atoms with van der Waals surface area (Å²) in [5, 5.41) is 0.751. The lowest BCUT2D eigenvalue weighted by atomic mass is 9.99. The molecule has 0 aliphatic rings. The van der Waals surface area contributed by atoms with Crippen molar-refractivity contribution in [1.82, 2.24) is 4.57 Å². The molecule has 4 aromatic rings. The smallest absolute Gasteiger partial charge is 0.289 e. The van der Waals surface area contributed by atoms with E-state index in [0.717, 1.165) is 33.3 Å². The molecule has 0 fully saturated rings. The molecule has 0 saturated carbocycles. The summed E-state index contributed by atoms with van der Waals surface area (Å²) >= 11 is 0. The van der Waals surface area contributed by atoms with E-state index in [1.54, 1.807) is 0 Å². The fourth-order valence-corrected chi connectivity index (χ4v) is 3.77. The van der Waals surface area contributed by atoms with Crippen LogP contribution >= 0.6 is 0 Å². The van der Waals surface area contributed by atoms with Gasteiger partial charge in [-0.3, -0.25) is 9.59 Å². The Bertz CT molecular complexity index is 1190. The molecule has 0 saturated heterocycles. The van der Waals surface area contributed by atoms with Gasteiger partial charge in [0.1, 0.15) is 0 Å². The number of carbonyl (C=O) groups excluding carboxylic acids is 2. The van der Waals surface area contributed by atoms with E-state index < -0.39 is 11.7 Å². The van der Waals surface area contributed by atoms with Crippen LogP contribution in [0.2, 0.25) is 0 Å². The third-order valence-electron chi connectivity index (χ3n) is 5.11. The Balaban J connectivity index is 1.88. The lowest BCUT2D eigenvalue weighted by Gasteiger charge is -2.13. The molecule has 138 valence electrons. The van der Waals surface area contributed by atoms with Gasteiger partial charge in [-0.15, -0.1) is 0 Å². The van der Waals surface area contributed by atoms with Crippen LogP contribution in [-0.2, 0) is 11.3 Å². The van der Waals surface area contributed by atoms with Crippen LogP contribution in [0.4, 0.5) is 0 Å². The molecular weight excluding hydrogens is 348 g/mol. The predicted molar refractivity (Wildman–Crippen MR) is 111 cm³/mol. The Hall–Kier alpha value is -3.66. The highest BCUT2D eigenvalue weighted by atomic mass is 16.2. The van der Waals surface area contributed by atoms with E-state index in [0.29, 0.717) is 12.1 Å². The van der Waals surface area contributed by atoms with E-state index in [1.165, 1.54) is 0 Å². The maximum absolute atomic E-state index is 12.4. The monoisotopic (exact) mass is 368 g/mol. The molecule has 0 aliphatic heterocycles. The number of hydrogen-bond donors (Lipinski definition) is 1. The van der Waals surface area contributed by atoms with Crippen LogP contribution < -0.4 is 5.73 Å². The summed E-state index contributed by atoms with van der Waals surface area (Å²) in [6.07, 6.45) is 0. The highest BCUT2D eigenvalue weighted by Crippen LogP contribution is 2.30. The second kappa shape index (κ2) is 7.16. The average Bonchev–Trinajstić information content (AvgIpc) is 3.00. The molecule has 4 rings (SSSR count). The van der Waals surface area contributed by atoms with Crippen LogP contribution in [0.5, 0.6) is 0 Å². The van der Waals surface area contributed by atoms with Crippen molar-refractivity contribution < 1.29 is 9.59 Å². The van der Waals surface area contributed by atoms with Gasteiger partial charge in [-0.05, 0) is 29.7 Å². The number of Topliss-reactive ketones (excluding diaryl/α,β-unsaturated/α-hetero) is 1. The van der Waals surface area contributed by atoms with Gasteiger partial charge >= 0.3 is 0 Å². The Labute approximate surface area is 163 Å². The maximum atomic E-state index is 12.4. The highest BCUT2D eigenvalue weighted by molar-refractivity contribution is 6.44. The standard InChI is InChI=1S/C24H20N2O2/c1-16-22(23(27)24(25)28)20-13-7-8-14-21(20)26(16)15-18-11-5-6-12-19(18)17-9-3-2-4-10-17/h2-14H,15H2,1H3,(H2,25,28). The molecule has 4 heteroatoms. The molecular formula is C24H20N2O2. The Morgan fingerprint density at radius 2 is 1.50 bits per heavy atom. The highest BCUT2D eigenvalue weighted by Gasteiger charge is 2.23. The molecule has 0 bridgehead atoms. The van der Waals surface area contributed by atoms with Crippen molar-refractivity contribution in [3.05, 3.63) is 95.7 Å². The summed E-state index contributed by atoms with van der Waals surface area (Å²) in [7, 11) is 0. The Morgan fingerprint density at radius 3 is 2.25 bits per heavy atom. The summed E-state index contributed by atoms with van der Waals surface area (Å²) in [5.41, 5.74) is 10.8. The first-order valence-corrected chi connectivity index (χ1v) is 9.13. The van der Waals surface area contributed by atoms with Gasteiger partial charge in [0, 0.05) is 23.1 Å². The number of amides is 1. The zero-order valence-electron chi connectivity index (χ0n) is 15.6. The van der Waals surface area contributed by atoms with Crippen molar-refractivity contribution in [3.8, 4) is 11.1 Å². The van der Waals surface area contributed by atoms with E-state index in [9.17, 15) is 9.59 Å². The molecule has 28 heavy (non-hydrogen) atoms. The molecule has 0 unspecified atom stereocenters. The van der Waals surface area contributed by atoms with E-state index in [-0.39, 0.29) is 0 Å². The number of nitrogens with two attached hydrogens (primary N) is 1. The first-order valence-electron chi connectivity index (χ1n) is 9.13. The topological polar surface area (TPSA) is 65.1 Å². The molecule has 2 N–H and O–H groups in total. The molecule has 0 spiro atoms. The first kappa shape index (κ1) is 17.7. The quantitative estimate of drug-likeness (QED) is 0.421. The van der Waals surface area contributed by atoms with Crippen LogP contribution in [0.1, 0.15) is 21.6 Å². The number of benzene rings is 3. The van der Waals surface area contributed by atoms with E-state index >= 15 is 0 Å². The van der Waals surface area contributed by atoms with Crippen molar-refractivity contribution in [2.24, 2.45) is 5.73 Å². The number of primary amides is 1.